The minimum absolute atomic E-state index is 0.0351. The van der Waals surface area contributed by atoms with E-state index in [1.807, 2.05) is 30.3 Å². The second-order valence-corrected chi connectivity index (χ2v) is 5.93. The topological polar surface area (TPSA) is 29.1 Å². The Morgan fingerprint density at radius 1 is 1.05 bits per heavy atom. The average Bonchev–Trinajstić information content (AvgIpc) is 2.49. The monoisotopic (exact) mass is 345 g/mol. The number of benzene rings is 2. The molecule has 0 heterocycles. The highest BCUT2D eigenvalue weighted by Crippen LogP contribution is 2.27. The molecule has 0 aromatic heterocycles. The third-order valence-electron chi connectivity index (χ3n) is 3.50. The summed E-state index contributed by atoms with van der Waals surface area (Å²) in [6.07, 6.45) is 2.20. The number of rotatable bonds is 5. The van der Waals surface area contributed by atoms with Crippen LogP contribution in [0.4, 0.5) is 5.69 Å². The van der Waals surface area contributed by atoms with Crippen molar-refractivity contribution in [2.45, 2.75) is 33.1 Å². The van der Waals surface area contributed by atoms with E-state index >= 15 is 0 Å². The number of hydrogen-bond donors (Lipinski definition) is 1. The van der Waals surface area contributed by atoms with Crippen LogP contribution in [0.15, 0.2) is 46.9 Å². The van der Waals surface area contributed by atoms with Gasteiger partial charge in [-0.05, 0) is 41.7 Å². The summed E-state index contributed by atoms with van der Waals surface area (Å²) >= 11 is 3.54. The van der Waals surface area contributed by atoms with E-state index in [1.165, 1.54) is 11.1 Å². The molecule has 2 nitrogen and oxygen atoms in total. The van der Waals surface area contributed by atoms with Crippen LogP contribution in [-0.2, 0) is 24.1 Å². The van der Waals surface area contributed by atoms with E-state index in [0.717, 1.165) is 28.6 Å². The van der Waals surface area contributed by atoms with Crippen LogP contribution in [0.1, 0.15) is 30.5 Å². The van der Waals surface area contributed by atoms with E-state index in [0.29, 0.717) is 6.42 Å². The van der Waals surface area contributed by atoms with E-state index in [-0.39, 0.29) is 5.91 Å². The number of hydrogen-bond acceptors (Lipinski definition) is 1. The maximum atomic E-state index is 12.3. The molecule has 0 saturated heterocycles. The molecular weight excluding hydrogens is 326 g/mol. The van der Waals surface area contributed by atoms with Gasteiger partial charge in [-0.2, -0.15) is 0 Å². The summed E-state index contributed by atoms with van der Waals surface area (Å²) in [7, 11) is 0. The Balaban J connectivity index is 2.20. The van der Waals surface area contributed by atoms with E-state index < -0.39 is 0 Å². The summed E-state index contributed by atoms with van der Waals surface area (Å²) in [6, 6.07) is 14.0. The van der Waals surface area contributed by atoms with Gasteiger partial charge in [0.15, 0.2) is 0 Å². The molecule has 0 spiro atoms. The summed E-state index contributed by atoms with van der Waals surface area (Å²) in [4.78, 5) is 12.3. The Morgan fingerprint density at radius 3 is 2.14 bits per heavy atom. The van der Waals surface area contributed by atoms with Crippen LogP contribution in [0, 0.1) is 0 Å². The van der Waals surface area contributed by atoms with E-state index in [4.69, 9.17) is 0 Å². The van der Waals surface area contributed by atoms with Gasteiger partial charge < -0.3 is 5.32 Å². The van der Waals surface area contributed by atoms with Crippen molar-refractivity contribution in [1.29, 1.82) is 0 Å². The smallest absolute Gasteiger partial charge is 0.228 e. The molecule has 3 heteroatoms. The molecule has 21 heavy (non-hydrogen) atoms. The molecule has 0 radical (unpaired) electrons. The molecule has 0 aliphatic heterocycles. The summed E-state index contributed by atoms with van der Waals surface area (Å²) in [5, 5.41) is 3.10. The van der Waals surface area contributed by atoms with Gasteiger partial charge in [0, 0.05) is 10.2 Å². The lowest BCUT2D eigenvalue weighted by atomic mass is 10.0. The van der Waals surface area contributed by atoms with Gasteiger partial charge in [0.05, 0.1) is 6.42 Å². The fourth-order valence-electron chi connectivity index (χ4n) is 2.41. The standard InChI is InChI=1S/C18H20BrNO/c1-3-14-11-16(19)12-15(4-2)18(14)20-17(21)10-13-8-6-5-7-9-13/h5-9,11-12H,3-4,10H2,1-2H3,(H,20,21). The van der Waals surface area contributed by atoms with Gasteiger partial charge in [0.25, 0.3) is 0 Å². The Bertz CT molecular complexity index is 597. The summed E-state index contributed by atoms with van der Waals surface area (Å²) in [6.45, 7) is 4.21. The first-order valence-electron chi connectivity index (χ1n) is 7.29. The predicted octanol–water partition coefficient (Wildman–Crippen LogP) is 4.76. The highest BCUT2D eigenvalue weighted by Gasteiger charge is 2.12. The van der Waals surface area contributed by atoms with Crippen molar-refractivity contribution in [3.63, 3.8) is 0 Å². The molecule has 2 aromatic rings. The second kappa shape index (κ2) is 7.41. The number of carbonyl (C=O) groups excluding carboxylic acids is 1. The average molecular weight is 346 g/mol. The largest absolute Gasteiger partial charge is 0.325 e. The Hall–Kier alpha value is -1.61. The lowest BCUT2D eigenvalue weighted by molar-refractivity contribution is -0.115. The first kappa shape index (κ1) is 15.8. The molecular formula is C18H20BrNO. The van der Waals surface area contributed by atoms with Gasteiger partial charge in [0.1, 0.15) is 0 Å². The Labute approximate surface area is 134 Å². The molecule has 0 fully saturated rings. The molecule has 0 unspecified atom stereocenters. The minimum atomic E-state index is 0.0351. The number of amides is 1. The number of aryl methyl sites for hydroxylation is 2. The second-order valence-electron chi connectivity index (χ2n) is 5.02. The molecule has 2 aromatic carbocycles. The summed E-state index contributed by atoms with van der Waals surface area (Å²) in [5.74, 6) is 0.0351. The van der Waals surface area contributed by atoms with Crippen molar-refractivity contribution in [3.05, 3.63) is 63.6 Å². The van der Waals surface area contributed by atoms with Crippen LogP contribution in [-0.4, -0.2) is 5.91 Å². The van der Waals surface area contributed by atoms with Crippen molar-refractivity contribution in [3.8, 4) is 0 Å². The van der Waals surface area contributed by atoms with E-state index in [9.17, 15) is 4.79 Å². The van der Waals surface area contributed by atoms with Crippen molar-refractivity contribution in [2.24, 2.45) is 0 Å². The van der Waals surface area contributed by atoms with Crippen LogP contribution in [0.3, 0.4) is 0 Å². The zero-order valence-electron chi connectivity index (χ0n) is 12.4. The third-order valence-corrected chi connectivity index (χ3v) is 3.96. The van der Waals surface area contributed by atoms with Gasteiger partial charge in [-0.3, -0.25) is 4.79 Å². The normalized spacial score (nSPS) is 10.4. The first-order chi connectivity index (χ1) is 10.1. The lowest BCUT2D eigenvalue weighted by Crippen LogP contribution is -2.17. The molecule has 2 rings (SSSR count). The lowest BCUT2D eigenvalue weighted by Gasteiger charge is -2.15. The van der Waals surface area contributed by atoms with Crippen LogP contribution in [0.2, 0.25) is 0 Å². The summed E-state index contributed by atoms with van der Waals surface area (Å²) < 4.78 is 1.07. The molecule has 0 atom stereocenters. The van der Waals surface area contributed by atoms with Crippen LogP contribution < -0.4 is 5.32 Å². The van der Waals surface area contributed by atoms with Gasteiger partial charge in [-0.25, -0.2) is 0 Å². The maximum Gasteiger partial charge on any atom is 0.228 e. The SMILES string of the molecule is CCc1cc(Br)cc(CC)c1NC(=O)Cc1ccccc1. The van der Waals surface area contributed by atoms with Gasteiger partial charge >= 0.3 is 0 Å². The predicted molar refractivity (Wildman–Crippen MR) is 91.7 cm³/mol. The van der Waals surface area contributed by atoms with Crippen molar-refractivity contribution in [2.75, 3.05) is 5.32 Å². The zero-order valence-corrected chi connectivity index (χ0v) is 14.0. The molecule has 0 bridgehead atoms. The van der Waals surface area contributed by atoms with Crippen molar-refractivity contribution in [1.82, 2.24) is 0 Å². The molecule has 1 amide bonds. The van der Waals surface area contributed by atoms with Crippen molar-refractivity contribution >= 4 is 27.5 Å². The molecule has 110 valence electrons. The maximum absolute atomic E-state index is 12.3. The van der Waals surface area contributed by atoms with E-state index in [2.05, 4.69) is 47.2 Å². The quantitative estimate of drug-likeness (QED) is 0.831. The number of carbonyl (C=O) groups is 1. The molecule has 0 aliphatic carbocycles. The van der Waals surface area contributed by atoms with Crippen LogP contribution in [0.5, 0.6) is 0 Å². The zero-order chi connectivity index (χ0) is 15.2. The van der Waals surface area contributed by atoms with Crippen LogP contribution in [0.25, 0.3) is 0 Å². The Kier molecular flexibility index (Phi) is 5.57. The number of halogens is 1. The molecule has 0 saturated carbocycles. The highest BCUT2D eigenvalue weighted by molar-refractivity contribution is 9.10. The minimum Gasteiger partial charge on any atom is -0.325 e. The fraction of sp³-hybridized carbons (Fsp3) is 0.278. The van der Waals surface area contributed by atoms with Gasteiger partial charge in [0.2, 0.25) is 5.91 Å². The van der Waals surface area contributed by atoms with E-state index in [1.54, 1.807) is 0 Å². The van der Waals surface area contributed by atoms with Crippen molar-refractivity contribution < 1.29 is 4.79 Å². The molecule has 1 N–H and O–H groups in total. The Morgan fingerprint density at radius 2 is 1.62 bits per heavy atom. The van der Waals surface area contributed by atoms with Gasteiger partial charge in [-0.15, -0.1) is 0 Å². The van der Waals surface area contributed by atoms with Gasteiger partial charge in [-0.1, -0.05) is 60.1 Å². The first-order valence-corrected chi connectivity index (χ1v) is 8.08. The van der Waals surface area contributed by atoms with Crippen LogP contribution >= 0.6 is 15.9 Å². The third kappa shape index (κ3) is 4.18. The highest BCUT2D eigenvalue weighted by atomic mass is 79.9. The molecule has 0 aliphatic rings. The fourth-order valence-corrected chi connectivity index (χ4v) is 2.96. The number of nitrogens with one attached hydrogen (secondary N) is 1. The number of anilines is 1. The summed E-state index contributed by atoms with van der Waals surface area (Å²) in [5.41, 5.74) is 4.35.